The molecular weight excluding hydrogens is 339 g/mol. The summed E-state index contributed by atoms with van der Waals surface area (Å²) in [4.78, 5) is 26.6. The number of hydroxylamine groups is 2. The summed E-state index contributed by atoms with van der Waals surface area (Å²) in [6.45, 7) is 1.78. The molecule has 118 valence electrons. The molecule has 0 bridgehead atoms. The van der Waals surface area contributed by atoms with E-state index in [1.54, 1.807) is 12.1 Å². The lowest BCUT2D eigenvalue weighted by Gasteiger charge is -2.27. The Kier molecular flexibility index (Phi) is 3.27. The van der Waals surface area contributed by atoms with Crippen LogP contribution in [0.3, 0.4) is 0 Å². The van der Waals surface area contributed by atoms with E-state index >= 15 is 0 Å². The zero-order valence-electron chi connectivity index (χ0n) is 12.0. The predicted molar refractivity (Wildman–Crippen MR) is 87.7 cm³/mol. The highest BCUT2D eigenvalue weighted by Gasteiger charge is 2.35. The molecule has 2 aliphatic heterocycles. The van der Waals surface area contributed by atoms with Crippen LogP contribution in [-0.2, 0) is 0 Å². The second kappa shape index (κ2) is 5.09. The van der Waals surface area contributed by atoms with Gasteiger partial charge in [-0.25, -0.2) is 0 Å². The molecule has 7 heteroatoms. The number of halogens is 2. The first-order valence-electron chi connectivity index (χ1n) is 7.28. The van der Waals surface area contributed by atoms with Crippen LogP contribution in [0.2, 0.25) is 10.0 Å². The lowest BCUT2D eigenvalue weighted by molar-refractivity contribution is -0.0377. The van der Waals surface area contributed by atoms with Crippen LogP contribution < -0.4 is 4.90 Å². The van der Waals surface area contributed by atoms with Crippen LogP contribution in [0.25, 0.3) is 10.8 Å². The number of hydrogen-bond donors (Lipinski definition) is 1. The van der Waals surface area contributed by atoms with Crippen LogP contribution >= 0.6 is 23.2 Å². The van der Waals surface area contributed by atoms with Crippen LogP contribution in [0.4, 0.5) is 5.69 Å². The maximum Gasteiger partial charge on any atom is 0.285 e. The fourth-order valence-electron chi connectivity index (χ4n) is 3.36. The molecule has 23 heavy (non-hydrogen) atoms. The SMILES string of the molecule is O=C1c2ccc(N3CCCC3)c3c(Cl)c(Cl)cc(c23)C(=O)N1O. The molecule has 0 unspecified atom stereocenters. The van der Waals surface area contributed by atoms with Gasteiger partial charge in [0, 0.05) is 29.5 Å². The lowest BCUT2D eigenvalue weighted by atomic mass is 9.93. The molecule has 2 amide bonds. The monoisotopic (exact) mass is 350 g/mol. The third-order valence-electron chi connectivity index (χ3n) is 4.45. The lowest BCUT2D eigenvalue weighted by Crippen LogP contribution is -2.37. The van der Waals surface area contributed by atoms with Gasteiger partial charge in [-0.15, -0.1) is 5.06 Å². The summed E-state index contributed by atoms with van der Waals surface area (Å²) >= 11 is 12.6. The Hall–Kier alpha value is -1.82. The Morgan fingerprint density at radius 3 is 2.30 bits per heavy atom. The van der Waals surface area contributed by atoms with Crippen LogP contribution in [0.1, 0.15) is 33.6 Å². The molecule has 0 spiro atoms. The summed E-state index contributed by atoms with van der Waals surface area (Å²) in [5.41, 5.74) is 1.30. The Bertz CT molecular complexity index is 875. The molecule has 2 aromatic carbocycles. The second-order valence-electron chi connectivity index (χ2n) is 5.72. The smallest absolute Gasteiger partial charge is 0.285 e. The molecule has 0 aromatic heterocycles. The van der Waals surface area contributed by atoms with Crippen molar-refractivity contribution in [2.75, 3.05) is 18.0 Å². The molecule has 1 saturated heterocycles. The molecule has 2 aliphatic rings. The summed E-state index contributed by atoms with van der Waals surface area (Å²) < 4.78 is 0. The van der Waals surface area contributed by atoms with Gasteiger partial charge in [0.05, 0.1) is 21.2 Å². The number of carbonyl (C=O) groups is 2. The van der Waals surface area contributed by atoms with E-state index in [4.69, 9.17) is 23.2 Å². The van der Waals surface area contributed by atoms with Crippen molar-refractivity contribution in [2.24, 2.45) is 0 Å². The van der Waals surface area contributed by atoms with Gasteiger partial charge in [-0.3, -0.25) is 14.8 Å². The number of hydrogen-bond acceptors (Lipinski definition) is 4. The molecule has 2 heterocycles. The number of imide groups is 1. The summed E-state index contributed by atoms with van der Waals surface area (Å²) in [7, 11) is 0. The fraction of sp³-hybridized carbons (Fsp3) is 0.250. The summed E-state index contributed by atoms with van der Waals surface area (Å²) in [5, 5.41) is 11.5. The van der Waals surface area contributed by atoms with Gasteiger partial charge in [0.15, 0.2) is 0 Å². The number of anilines is 1. The Morgan fingerprint density at radius 1 is 0.957 bits per heavy atom. The van der Waals surface area contributed by atoms with Crippen LogP contribution in [-0.4, -0.2) is 35.2 Å². The van der Waals surface area contributed by atoms with Crippen LogP contribution in [0.15, 0.2) is 18.2 Å². The molecule has 1 N–H and O–H groups in total. The molecule has 0 saturated carbocycles. The van der Waals surface area contributed by atoms with Crippen molar-refractivity contribution in [3.05, 3.63) is 39.4 Å². The average molecular weight is 351 g/mol. The molecule has 1 fully saturated rings. The van der Waals surface area contributed by atoms with E-state index in [-0.39, 0.29) is 21.2 Å². The van der Waals surface area contributed by atoms with Crippen LogP contribution in [0.5, 0.6) is 0 Å². The van der Waals surface area contributed by atoms with Gasteiger partial charge in [-0.05, 0) is 31.0 Å². The minimum absolute atomic E-state index is 0.122. The number of benzene rings is 2. The first-order valence-corrected chi connectivity index (χ1v) is 8.03. The third-order valence-corrected chi connectivity index (χ3v) is 5.23. The predicted octanol–water partition coefficient (Wildman–Crippen LogP) is 3.73. The van der Waals surface area contributed by atoms with E-state index in [9.17, 15) is 14.8 Å². The van der Waals surface area contributed by atoms with E-state index in [1.807, 2.05) is 0 Å². The van der Waals surface area contributed by atoms with Crippen molar-refractivity contribution in [2.45, 2.75) is 12.8 Å². The second-order valence-corrected chi connectivity index (χ2v) is 6.50. The number of amides is 2. The van der Waals surface area contributed by atoms with Crippen molar-refractivity contribution < 1.29 is 14.8 Å². The molecule has 2 aromatic rings. The van der Waals surface area contributed by atoms with Crippen molar-refractivity contribution in [1.82, 2.24) is 5.06 Å². The van der Waals surface area contributed by atoms with E-state index < -0.39 is 11.8 Å². The minimum atomic E-state index is -0.787. The van der Waals surface area contributed by atoms with Crippen molar-refractivity contribution in [3.63, 3.8) is 0 Å². The first-order chi connectivity index (χ1) is 11.0. The fourth-order valence-corrected chi connectivity index (χ4v) is 3.81. The highest BCUT2D eigenvalue weighted by atomic mass is 35.5. The topological polar surface area (TPSA) is 60.9 Å². The standard InChI is InChI=1S/C16H12Cl2N2O3/c17-10-7-9-12-8(15(21)20(23)16(9)22)3-4-11(13(12)14(10)18)19-5-1-2-6-19/h3-4,7,23H,1-2,5-6H2. The Labute approximate surface area is 141 Å². The largest absolute Gasteiger partial charge is 0.371 e. The highest BCUT2D eigenvalue weighted by molar-refractivity contribution is 6.47. The van der Waals surface area contributed by atoms with E-state index in [1.165, 1.54) is 6.07 Å². The molecule has 0 radical (unpaired) electrons. The molecule has 4 rings (SSSR count). The van der Waals surface area contributed by atoms with Crippen molar-refractivity contribution in [3.8, 4) is 0 Å². The Morgan fingerprint density at radius 2 is 1.61 bits per heavy atom. The zero-order chi connectivity index (χ0) is 16.3. The molecule has 0 aliphatic carbocycles. The number of carbonyl (C=O) groups excluding carboxylic acids is 2. The van der Waals surface area contributed by atoms with E-state index in [0.717, 1.165) is 31.6 Å². The van der Waals surface area contributed by atoms with Gasteiger partial charge in [-0.1, -0.05) is 23.2 Å². The van der Waals surface area contributed by atoms with Crippen LogP contribution in [0, 0.1) is 0 Å². The van der Waals surface area contributed by atoms with Crippen molar-refractivity contribution in [1.29, 1.82) is 0 Å². The molecular formula is C16H12Cl2N2O3. The maximum atomic E-state index is 12.2. The van der Waals surface area contributed by atoms with Gasteiger partial charge in [-0.2, -0.15) is 0 Å². The first kappa shape index (κ1) is 14.8. The van der Waals surface area contributed by atoms with Gasteiger partial charge < -0.3 is 4.90 Å². The van der Waals surface area contributed by atoms with E-state index in [0.29, 0.717) is 15.8 Å². The van der Waals surface area contributed by atoms with Crippen molar-refractivity contribution >= 4 is 51.5 Å². The summed E-state index contributed by atoms with van der Waals surface area (Å²) in [6.07, 6.45) is 2.16. The Balaban J connectivity index is 2.13. The number of rotatable bonds is 1. The summed E-state index contributed by atoms with van der Waals surface area (Å²) in [5.74, 6) is -1.54. The normalized spacial score (nSPS) is 17.5. The van der Waals surface area contributed by atoms with Gasteiger partial charge in [0.1, 0.15) is 0 Å². The quantitative estimate of drug-likeness (QED) is 0.628. The van der Waals surface area contributed by atoms with Gasteiger partial charge >= 0.3 is 0 Å². The van der Waals surface area contributed by atoms with Gasteiger partial charge in [0.2, 0.25) is 0 Å². The molecule has 0 atom stereocenters. The zero-order valence-corrected chi connectivity index (χ0v) is 13.5. The highest BCUT2D eigenvalue weighted by Crippen LogP contribution is 2.43. The van der Waals surface area contributed by atoms with E-state index in [2.05, 4.69) is 4.90 Å². The summed E-state index contributed by atoms with van der Waals surface area (Å²) in [6, 6.07) is 4.83. The van der Waals surface area contributed by atoms with Gasteiger partial charge in [0.25, 0.3) is 11.8 Å². The molecule has 5 nitrogen and oxygen atoms in total. The average Bonchev–Trinajstić information content (AvgIpc) is 3.08. The maximum absolute atomic E-state index is 12.2. The third kappa shape index (κ3) is 1.97. The number of nitrogens with zero attached hydrogens (tertiary/aromatic N) is 2. The minimum Gasteiger partial charge on any atom is -0.371 e.